The fourth-order valence-corrected chi connectivity index (χ4v) is 1.46. The Morgan fingerprint density at radius 3 is 1.84 bits per heavy atom. The maximum atomic E-state index is 11.4. The van der Waals surface area contributed by atoms with Crippen LogP contribution in [0.1, 0.15) is 13.3 Å². The minimum Gasteiger partial charge on any atom is -0.379 e. The van der Waals surface area contributed by atoms with Gasteiger partial charge < -0.3 is 35.3 Å². The Kier molecular flexibility index (Phi) is 15.9. The number of carbonyl (C=O) groups is 3. The third-order valence-electron chi connectivity index (χ3n) is 2.59. The zero-order chi connectivity index (χ0) is 18.8. The fraction of sp³-hybridized carbons (Fsp3) is 0.800. The first-order chi connectivity index (χ1) is 12.1. The molecule has 0 heterocycles. The summed E-state index contributed by atoms with van der Waals surface area (Å²) in [5.74, 6) is -1.26. The predicted octanol–water partition coefficient (Wildman–Crippen LogP) is -1.82. The van der Waals surface area contributed by atoms with E-state index in [2.05, 4.69) is 10.6 Å². The Morgan fingerprint density at radius 1 is 0.760 bits per heavy atom. The van der Waals surface area contributed by atoms with Crippen molar-refractivity contribution in [1.82, 2.24) is 10.6 Å². The van der Waals surface area contributed by atoms with E-state index in [1.54, 1.807) is 0 Å². The average molecular weight is 363 g/mol. The number of rotatable bonds is 17. The van der Waals surface area contributed by atoms with Gasteiger partial charge in [0, 0.05) is 13.2 Å². The Morgan fingerprint density at radius 2 is 1.28 bits per heavy atom. The molecular weight excluding hydrogens is 334 g/mol. The van der Waals surface area contributed by atoms with Gasteiger partial charge in [0.2, 0.25) is 17.7 Å². The van der Waals surface area contributed by atoms with Crippen molar-refractivity contribution in [3.05, 3.63) is 0 Å². The molecule has 0 unspecified atom stereocenters. The highest BCUT2D eigenvalue weighted by Gasteiger charge is 2.03. The highest BCUT2D eigenvalue weighted by molar-refractivity contribution is 5.84. The van der Waals surface area contributed by atoms with E-state index in [-0.39, 0.29) is 38.9 Å². The standard InChI is InChI=1S/C15H29N3O7/c1-2-4-22-6-8-24-11-14(20)17-3-5-23-7-9-25-12-15(21)18-10-13(16)19/h2-12H2,1H3,(H2,16,19)(H,17,20)(H,18,21). The van der Waals surface area contributed by atoms with Crippen LogP contribution in [0.15, 0.2) is 0 Å². The molecule has 10 nitrogen and oxygen atoms in total. The van der Waals surface area contributed by atoms with Gasteiger partial charge in [-0.05, 0) is 6.42 Å². The minimum absolute atomic E-state index is 0.0149. The highest BCUT2D eigenvalue weighted by Crippen LogP contribution is 1.83. The SMILES string of the molecule is CCCOCCOCC(=O)NCCOCCOCC(=O)NCC(N)=O. The Labute approximate surface area is 147 Å². The maximum Gasteiger partial charge on any atom is 0.246 e. The summed E-state index contributed by atoms with van der Waals surface area (Å²) in [7, 11) is 0. The van der Waals surface area contributed by atoms with Gasteiger partial charge in [-0.2, -0.15) is 0 Å². The number of amides is 3. The lowest BCUT2D eigenvalue weighted by Gasteiger charge is -2.08. The van der Waals surface area contributed by atoms with Crippen LogP contribution in [0.2, 0.25) is 0 Å². The van der Waals surface area contributed by atoms with Crippen molar-refractivity contribution in [2.75, 3.05) is 65.9 Å². The highest BCUT2D eigenvalue weighted by atomic mass is 16.5. The van der Waals surface area contributed by atoms with Crippen molar-refractivity contribution in [3.63, 3.8) is 0 Å². The monoisotopic (exact) mass is 363 g/mol. The van der Waals surface area contributed by atoms with E-state index in [0.717, 1.165) is 6.42 Å². The van der Waals surface area contributed by atoms with Gasteiger partial charge in [0.05, 0.1) is 39.6 Å². The largest absolute Gasteiger partial charge is 0.379 e. The van der Waals surface area contributed by atoms with E-state index < -0.39 is 11.8 Å². The molecule has 0 aromatic rings. The number of nitrogens with one attached hydrogen (secondary N) is 2. The van der Waals surface area contributed by atoms with Crippen LogP contribution in [0.4, 0.5) is 0 Å². The number of nitrogens with two attached hydrogens (primary N) is 1. The van der Waals surface area contributed by atoms with Crippen molar-refractivity contribution in [2.24, 2.45) is 5.73 Å². The quantitative estimate of drug-likeness (QED) is 0.259. The molecule has 0 aliphatic carbocycles. The molecule has 0 fully saturated rings. The number of hydrogen-bond acceptors (Lipinski definition) is 7. The molecule has 0 spiro atoms. The first-order valence-electron chi connectivity index (χ1n) is 8.19. The molecule has 10 heteroatoms. The van der Waals surface area contributed by atoms with Gasteiger partial charge >= 0.3 is 0 Å². The number of primary amides is 1. The third kappa shape index (κ3) is 18.4. The molecule has 0 saturated heterocycles. The summed E-state index contributed by atoms with van der Waals surface area (Å²) in [6.07, 6.45) is 0.952. The molecule has 146 valence electrons. The minimum atomic E-state index is -0.617. The Hall–Kier alpha value is -1.75. The van der Waals surface area contributed by atoms with Crippen LogP contribution >= 0.6 is 0 Å². The van der Waals surface area contributed by atoms with Crippen LogP contribution in [0, 0.1) is 0 Å². The summed E-state index contributed by atoms with van der Waals surface area (Å²) in [6.45, 7) is 4.35. The van der Waals surface area contributed by atoms with Crippen LogP contribution in [-0.4, -0.2) is 83.7 Å². The topological polar surface area (TPSA) is 138 Å². The second-order valence-electron chi connectivity index (χ2n) is 4.92. The normalized spacial score (nSPS) is 10.4. The molecule has 0 atom stereocenters. The van der Waals surface area contributed by atoms with E-state index in [0.29, 0.717) is 33.0 Å². The van der Waals surface area contributed by atoms with Crippen molar-refractivity contribution < 1.29 is 33.3 Å². The zero-order valence-corrected chi connectivity index (χ0v) is 14.7. The van der Waals surface area contributed by atoms with Gasteiger partial charge in [0.15, 0.2) is 0 Å². The van der Waals surface area contributed by atoms with E-state index in [4.69, 9.17) is 24.7 Å². The smallest absolute Gasteiger partial charge is 0.246 e. The summed E-state index contributed by atoms with van der Waals surface area (Å²) in [5.41, 5.74) is 4.88. The van der Waals surface area contributed by atoms with Gasteiger partial charge in [-0.15, -0.1) is 0 Å². The molecule has 0 aliphatic heterocycles. The first kappa shape index (κ1) is 23.2. The molecule has 0 aromatic carbocycles. The van der Waals surface area contributed by atoms with Crippen molar-refractivity contribution >= 4 is 17.7 Å². The lowest BCUT2D eigenvalue weighted by molar-refractivity contribution is -0.128. The van der Waals surface area contributed by atoms with Crippen LogP contribution in [0.3, 0.4) is 0 Å². The second-order valence-corrected chi connectivity index (χ2v) is 4.92. The molecule has 0 radical (unpaired) electrons. The zero-order valence-electron chi connectivity index (χ0n) is 14.7. The van der Waals surface area contributed by atoms with Gasteiger partial charge in [0.1, 0.15) is 13.2 Å². The van der Waals surface area contributed by atoms with E-state index in [9.17, 15) is 14.4 Å². The molecule has 25 heavy (non-hydrogen) atoms. The van der Waals surface area contributed by atoms with Gasteiger partial charge in [-0.3, -0.25) is 14.4 Å². The Balaban J connectivity index is 3.28. The molecule has 0 bridgehead atoms. The van der Waals surface area contributed by atoms with Gasteiger partial charge in [-0.1, -0.05) is 6.92 Å². The Bertz CT molecular complexity index is 380. The predicted molar refractivity (Wildman–Crippen MR) is 88.8 cm³/mol. The summed E-state index contributed by atoms with van der Waals surface area (Å²) in [5, 5.41) is 4.93. The van der Waals surface area contributed by atoms with E-state index >= 15 is 0 Å². The fourth-order valence-electron chi connectivity index (χ4n) is 1.46. The first-order valence-corrected chi connectivity index (χ1v) is 8.19. The summed E-state index contributed by atoms with van der Waals surface area (Å²) in [6, 6.07) is 0. The van der Waals surface area contributed by atoms with E-state index in [1.807, 2.05) is 6.92 Å². The van der Waals surface area contributed by atoms with E-state index in [1.165, 1.54) is 0 Å². The lowest BCUT2D eigenvalue weighted by Crippen LogP contribution is -2.35. The lowest BCUT2D eigenvalue weighted by atomic mass is 10.5. The molecular formula is C15H29N3O7. The van der Waals surface area contributed by atoms with Crippen LogP contribution < -0.4 is 16.4 Å². The molecule has 0 aliphatic rings. The summed E-state index contributed by atoms with van der Waals surface area (Å²) < 4.78 is 20.6. The molecule has 0 aromatic heterocycles. The molecule has 0 rings (SSSR count). The van der Waals surface area contributed by atoms with Crippen molar-refractivity contribution in [3.8, 4) is 0 Å². The summed E-state index contributed by atoms with van der Waals surface area (Å²) >= 11 is 0. The van der Waals surface area contributed by atoms with Gasteiger partial charge in [-0.25, -0.2) is 0 Å². The third-order valence-corrected chi connectivity index (χ3v) is 2.59. The number of ether oxygens (including phenoxy) is 4. The second kappa shape index (κ2) is 17.1. The summed E-state index contributed by atoms with van der Waals surface area (Å²) in [4.78, 5) is 33.0. The van der Waals surface area contributed by atoms with Gasteiger partial charge in [0.25, 0.3) is 0 Å². The number of hydrogen-bond donors (Lipinski definition) is 3. The maximum absolute atomic E-state index is 11.4. The molecule has 3 amide bonds. The van der Waals surface area contributed by atoms with Crippen molar-refractivity contribution in [1.29, 1.82) is 0 Å². The van der Waals surface area contributed by atoms with Crippen LogP contribution in [0.5, 0.6) is 0 Å². The number of carbonyl (C=O) groups excluding carboxylic acids is 3. The average Bonchev–Trinajstić information content (AvgIpc) is 2.58. The van der Waals surface area contributed by atoms with Crippen molar-refractivity contribution in [2.45, 2.75) is 13.3 Å². The molecule has 0 saturated carbocycles. The van der Waals surface area contributed by atoms with Crippen LogP contribution in [-0.2, 0) is 33.3 Å². The van der Waals surface area contributed by atoms with Crippen LogP contribution in [0.25, 0.3) is 0 Å². The molecule has 4 N–H and O–H groups in total.